The highest BCUT2D eigenvalue weighted by Crippen LogP contribution is 2.23. The summed E-state index contributed by atoms with van der Waals surface area (Å²) < 4.78 is 13.0. The number of rotatable bonds is 2. The quantitative estimate of drug-likeness (QED) is 0.781. The van der Waals surface area contributed by atoms with Gasteiger partial charge in [0.2, 0.25) is 0 Å². The summed E-state index contributed by atoms with van der Waals surface area (Å²) in [5, 5.41) is 9.46. The molecule has 0 amide bonds. The second-order valence-electron chi connectivity index (χ2n) is 3.73. The molecule has 76 valence electrons. The molecule has 0 atom stereocenters. The fourth-order valence-corrected chi connectivity index (χ4v) is 1.87. The molecular weight excluding hydrogens is 181 g/mol. The highest BCUT2D eigenvalue weighted by atomic mass is 19.1. The van der Waals surface area contributed by atoms with Gasteiger partial charge in [-0.05, 0) is 32.0 Å². The topological polar surface area (TPSA) is 23.5 Å². The lowest BCUT2D eigenvalue weighted by atomic mass is 10.2. The van der Waals surface area contributed by atoms with Crippen molar-refractivity contribution in [3.05, 3.63) is 29.6 Å². The summed E-state index contributed by atoms with van der Waals surface area (Å²) >= 11 is 0. The minimum atomic E-state index is -0.526. The average Bonchev–Trinajstić information content (AvgIpc) is 2.66. The zero-order chi connectivity index (χ0) is 9.97. The first-order chi connectivity index (χ1) is 6.77. The molecule has 0 bridgehead atoms. The molecule has 0 unspecified atom stereocenters. The SMILES string of the molecule is Oc1c(F)cccc1CN1CCCC1. The Morgan fingerprint density at radius 2 is 2.00 bits per heavy atom. The van der Waals surface area contributed by atoms with E-state index in [-0.39, 0.29) is 5.75 Å². The van der Waals surface area contributed by atoms with Crippen LogP contribution in [-0.2, 0) is 6.54 Å². The Bertz CT molecular complexity index is 321. The van der Waals surface area contributed by atoms with Gasteiger partial charge in [-0.25, -0.2) is 4.39 Å². The lowest BCUT2D eigenvalue weighted by Gasteiger charge is -2.15. The number of phenolic OH excluding ortho intramolecular Hbond substituents is 1. The predicted molar refractivity (Wildman–Crippen MR) is 52.6 cm³/mol. The molecule has 0 aliphatic carbocycles. The summed E-state index contributed by atoms with van der Waals surface area (Å²) in [6.07, 6.45) is 2.41. The summed E-state index contributed by atoms with van der Waals surface area (Å²) in [5.74, 6) is -0.721. The van der Waals surface area contributed by atoms with Crippen LogP contribution in [0.4, 0.5) is 4.39 Å². The van der Waals surface area contributed by atoms with Gasteiger partial charge in [-0.15, -0.1) is 0 Å². The van der Waals surface area contributed by atoms with Gasteiger partial charge in [0.15, 0.2) is 11.6 Å². The first-order valence-electron chi connectivity index (χ1n) is 4.96. The van der Waals surface area contributed by atoms with E-state index >= 15 is 0 Å². The van der Waals surface area contributed by atoms with Gasteiger partial charge in [-0.2, -0.15) is 0 Å². The molecule has 0 aromatic heterocycles. The van der Waals surface area contributed by atoms with E-state index in [2.05, 4.69) is 4.90 Å². The van der Waals surface area contributed by atoms with E-state index in [0.717, 1.165) is 13.1 Å². The van der Waals surface area contributed by atoms with Gasteiger partial charge in [0.1, 0.15) is 0 Å². The van der Waals surface area contributed by atoms with Crippen molar-refractivity contribution < 1.29 is 9.50 Å². The van der Waals surface area contributed by atoms with Gasteiger partial charge in [0.25, 0.3) is 0 Å². The summed E-state index contributed by atoms with van der Waals surface area (Å²) in [5.41, 5.74) is 0.687. The molecule has 1 aliphatic rings. The Morgan fingerprint density at radius 1 is 1.29 bits per heavy atom. The van der Waals surface area contributed by atoms with Gasteiger partial charge in [0, 0.05) is 12.1 Å². The number of halogens is 1. The molecule has 1 fully saturated rings. The summed E-state index contributed by atoms with van der Waals surface area (Å²) in [6.45, 7) is 2.76. The van der Waals surface area contributed by atoms with Crippen LogP contribution in [0, 0.1) is 5.82 Å². The van der Waals surface area contributed by atoms with Crippen LogP contribution in [0.3, 0.4) is 0 Å². The number of aromatic hydroxyl groups is 1. The Kier molecular flexibility index (Phi) is 2.68. The minimum Gasteiger partial charge on any atom is -0.505 e. The van der Waals surface area contributed by atoms with E-state index < -0.39 is 5.82 Å². The molecule has 1 aromatic carbocycles. The monoisotopic (exact) mass is 195 g/mol. The van der Waals surface area contributed by atoms with E-state index in [0.29, 0.717) is 12.1 Å². The molecule has 1 heterocycles. The van der Waals surface area contributed by atoms with Crippen LogP contribution >= 0.6 is 0 Å². The van der Waals surface area contributed by atoms with Crippen molar-refractivity contribution in [2.75, 3.05) is 13.1 Å². The Balaban J connectivity index is 2.11. The van der Waals surface area contributed by atoms with Crippen LogP contribution in [-0.4, -0.2) is 23.1 Å². The van der Waals surface area contributed by atoms with Crippen molar-refractivity contribution in [1.82, 2.24) is 4.90 Å². The third-order valence-corrected chi connectivity index (χ3v) is 2.66. The Labute approximate surface area is 83.0 Å². The predicted octanol–water partition coefficient (Wildman–Crippen LogP) is 2.13. The second kappa shape index (κ2) is 3.96. The van der Waals surface area contributed by atoms with Crippen molar-refractivity contribution in [1.29, 1.82) is 0 Å². The van der Waals surface area contributed by atoms with Crippen LogP contribution in [0.25, 0.3) is 0 Å². The lowest BCUT2D eigenvalue weighted by Crippen LogP contribution is -2.18. The largest absolute Gasteiger partial charge is 0.505 e. The third kappa shape index (κ3) is 1.87. The maximum Gasteiger partial charge on any atom is 0.165 e. The zero-order valence-electron chi connectivity index (χ0n) is 8.04. The summed E-state index contributed by atoms with van der Waals surface area (Å²) in [4.78, 5) is 2.23. The molecule has 1 N–H and O–H groups in total. The smallest absolute Gasteiger partial charge is 0.165 e. The van der Waals surface area contributed by atoms with Crippen molar-refractivity contribution >= 4 is 0 Å². The molecule has 0 spiro atoms. The van der Waals surface area contributed by atoms with E-state index in [1.165, 1.54) is 18.9 Å². The van der Waals surface area contributed by atoms with E-state index in [9.17, 15) is 9.50 Å². The minimum absolute atomic E-state index is 0.195. The molecule has 0 saturated carbocycles. The molecule has 3 heteroatoms. The molecule has 1 saturated heterocycles. The van der Waals surface area contributed by atoms with Gasteiger partial charge in [-0.1, -0.05) is 12.1 Å². The number of hydrogen-bond acceptors (Lipinski definition) is 2. The Morgan fingerprint density at radius 3 is 2.71 bits per heavy atom. The van der Waals surface area contributed by atoms with Crippen molar-refractivity contribution in [3.63, 3.8) is 0 Å². The van der Waals surface area contributed by atoms with Crippen LogP contribution in [0.15, 0.2) is 18.2 Å². The Hall–Kier alpha value is -1.09. The standard InChI is InChI=1S/C11H14FNO/c12-10-5-3-4-9(11(10)14)8-13-6-1-2-7-13/h3-5,14H,1-2,6-8H2. The summed E-state index contributed by atoms with van der Waals surface area (Å²) in [6, 6.07) is 4.69. The van der Waals surface area contributed by atoms with Crippen LogP contribution in [0.1, 0.15) is 18.4 Å². The number of para-hydroxylation sites is 1. The van der Waals surface area contributed by atoms with Crippen LogP contribution < -0.4 is 0 Å². The highest BCUT2D eigenvalue weighted by molar-refractivity contribution is 5.33. The third-order valence-electron chi connectivity index (χ3n) is 2.66. The fraction of sp³-hybridized carbons (Fsp3) is 0.455. The van der Waals surface area contributed by atoms with Gasteiger partial charge < -0.3 is 5.11 Å². The maximum absolute atomic E-state index is 13.0. The van der Waals surface area contributed by atoms with Crippen LogP contribution in [0.5, 0.6) is 5.75 Å². The fourth-order valence-electron chi connectivity index (χ4n) is 1.87. The zero-order valence-corrected chi connectivity index (χ0v) is 8.04. The number of phenols is 1. The van der Waals surface area contributed by atoms with E-state index in [1.807, 2.05) is 0 Å². The second-order valence-corrected chi connectivity index (χ2v) is 3.73. The molecule has 1 aliphatic heterocycles. The first-order valence-corrected chi connectivity index (χ1v) is 4.96. The van der Waals surface area contributed by atoms with Gasteiger partial charge in [-0.3, -0.25) is 4.90 Å². The average molecular weight is 195 g/mol. The lowest BCUT2D eigenvalue weighted by molar-refractivity contribution is 0.320. The van der Waals surface area contributed by atoms with Gasteiger partial charge in [0.05, 0.1) is 0 Å². The normalized spacial score (nSPS) is 17.5. The van der Waals surface area contributed by atoms with Crippen molar-refractivity contribution in [2.24, 2.45) is 0 Å². The number of likely N-dealkylation sites (tertiary alicyclic amines) is 1. The first kappa shape index (κ1) is 9.46. The number of hydrogen-bond donors (Lipinski definition) is 1. The molecule has 2 nitrogen and oxygen atoms in total. The van der Waals surface area contributed by atoms with Gasteiger partial charge >= 0.3 is 0 Å². The molecule has 14 heavy (non-hydrogen) atoms. The van der Waals surface area contributed by atoms with E-state index in [1.54, 1.807) is 12.1 Å². The maximum atomic E-state index is 13.0. The molecule has 0 radical (unpaired) electrons. The van der Waals surface area contributed by atoms with Crippen molar-refractivity contribution in [2.45, 2.75) is 19.4 Å². The number of nitrogens with zero attached hydrogens (tertiary/aromatic N) is 1. The molecular formula is C11H14FNO. The molecule has 1 aromatic rings. The highest BCUT2D eigenvalue weighted by Gasteiger charge is 2.14. The summed E-state index contributed by atoms with van der Waals surface area (Å²) in [7, 11) is 0. The molecule has 2 rings (SSSR count). The van der Waals surface area contributed by atoms with E-state index in [4.69, 9.17) is 0 Å². The van der Waals surface area contributed by atoms with Crippen molar-refractivity contribution in [3.8, 4) is 5.75 Å². The van der Waals surface area contributed by atoms with Crippen LogP contribution in [0.2, 0.25) is 0 Å². The number of benzene rings is 1.